The molecule has 22 aliphatic heterocycles. The summed E-state index contributed by atoms with van der Waals surface area (Å²) >= 11 is 0. The van der Waals surface area contributed by atoms with E-state index in [1.54, 1.807) is 0 Å². The Labute approximate surface area is 622 Å². The minimum atomic E-state index is -2.20. The number of rotatable bonds is 23. The monoisotopic (exact) mass is 1540 g/mol. The second-order valence-electron chi connectivity index (χ2n) is 30.6. The van der Waals surface area contributed by atoms with Crippen LogP contribution in [0, 0.1) is 23.2 Å². The number of aliphatic hydroxyl groups is 17. The van der Waals surface area contributed by atoms with Crippen LogP contribution in [0.2, 0.25) is 0 Å². The van der Waals surface area contributed by atoms with Gasteiger partial charge in [-0.05, 0) is 105 Å². The van der Waals surface area contributed by atoms with Crippen LogP contribution in [0.3, 0.4) is 0 Å². The van der Waals surface area contributed by atoms with E-state index < -0.39 is 230 Å². The minimum Gasteiger partial charge on any atom is -0.394 e. The van der Waals surface area contributed by atoms with Gasteiger partial charge in [-0.15, -0.1) is 0 Å². The summed E-state index contributed by atoms with van der Waals surface area (Å²) < 4.78 is 70.4. The van der Waals surface area contributed by atoms with Gasteiger partial charge in [-0.2, -0.15) is 0 Å². The third-order valence-corrected chi connectivity index (χ3v) is 22.9. The highest BCUT2D eigenvalue weighted by Crippen LogP contribution is 2.60. The van der Waals surface area contributed by atoms with Gasteiger partial charge in [-0.1, -0.05) is 74.9 Å². The van der Waals surface area contributed by atoms with E-state index in [9.17, 15) is 101 Å². The van der Waals surface area contributed by atoms with Crippen molar-refractivity contribution in [2.45, 2.75) is 287 Å². The molecule has 16 bridgehead atoms. The molecular formula is C73H107N3O32. The number of unbranched alkanes of at least 4 members (excludes halogenated alkanes) is 7. The molecule has 0 spiro atoms. The van der Waals surface area contributed by atoms with E-state index in [4.69, 9.17) is 56.8 Å². The van der Waals surface area contributed by atoms with Crippen molar-refractivity contribution in [1.82, 2.24) is 5.32 Å². The first-order valence-corrected chi connectivity index (χ1v) is 37.7. The molecule has 30 atom stereocenters. The largest absolute Gasteiger partial charge is 0.394 e. The van der Waals surface area contributed by atoms with Crippen LogP contribution in [0.5, 0.6) is 0 Å². The zero-order valence-electron chi connectivity index (χ0n) is 59.6. The van der Waals surface area contributed by atoms with Crippen molar-refractivity contribution in [2.75, 3.05) is 50.3 Å². The van der Waals surface area contributed by atoms with Crippen LogP contribution in [0.4, 0.5) is 11.4 Å². The van der Waals surface area contributed by atoms with Gasteiger partial charge >= 0.3 is 0 Å². The predicted octanol–water partition coefficient (Wildman–Crippen LogP) is -4.07. The molecule has 22 heterocycles. The Bertz CT molecular complexity index is 3190. The Morgan fingerprint density at radius 3 is 0.917 bits per heavy atom. The predicted molar refractivity (Wildman–Crippen MR) is 368 cm³/mol. The summed E-state index contributed by atoms with van der Waals surface area (Å²) in [6.45, 7) is -6.14. The second kappa shape index (κ2) is 37.1. The normalized spacial score (nSPS) is 43.4. The number of aliphatic hydroxyl groups excluding tert-OH is 17. The quantitative estimate of drug-likeness (QED) is 0.0372. The maximum absolute atomic E-state index is 14.0. The summed E-state index contributed by atoms with van der Waals surface area (Å²) in [5.74, 6) is 1.47. The molecule has 0 aromatic heterocycles. The van der Waals surface area contributed by atoms with Crippen LogP contribution in [-0.2, 0) is 71.2 Å². The Balaban J connectivity index is 0.645. The zero-order valence-corrected chi connectivity index (χ0v) is 59.6. The number of amides is 3. The van der Waals surface area contributed by atoms with Crippen molar-refractivity contribution in [3.8, 4) is 0 Å². The molecule has 2 aromatic carbocycles. The fourth-order valence-electron chi connectivity index (χ4n) is 17.4. The molecule has 4 saturated carbocycles. The molecule has 108 heavy (non-hydrogen) atoms. The van der Waals surface area contributed by atoms with Crippen LogP contribution in [-0.4, -0.2) is 328 Å². The number of hydrogen-bond acceptors (Lipinski definition) is 32. The summed E-state index contributed by atoms with van der Waals surface area (Å²) in [7, 11) is 0. The highest BCUT2D eigenvalue weighted by Gasteiger charge is 2.60. The number of hydrogen-bond donors (Lipinski definition) is 20. The van der Waals surface area contributed by atoms with E-state index in [1.807, 2.05) is 60.7 Å². The molecule has 4 aliphatic carbocycles. The Kier molecular flexibility index (Phi) is 28.5. The lowest BCUT2D eigenvalue weighted by atomic mass is 9.49. The van der Waals surface area contributed by atoms with E-state index >= 15 is 0 Å². The smallest absolute Gasteiger partial charge is 0.230 e. The SMILES string of the molecule is O=C(CCCCCCCCCCC(=O)N[C@H]1[C@H](O)[C@H]2O[C@H]3[C@H](O)[C@@H](O)[C@@H](O[C@H]4[C@H](O)[C@@H](O)[C@@H](O[C@H]5[C@H](O)[C@@H](O)[C@@H](O[C@H]6[C@H](O)[C@@H](O)[C@@H](O[C@H]7[C@H](O)[C@@H](O)[C@@H](O[C@@H]1[C@@H](CO)O2)O[C@@H]7CO)O[C@@H]6CO)O[C@@H]5CO)O[C@@H]4CO)O[C@@H]3CO)Nc1ccc(/C=C/c2ccc(NC(=O)C34CC5CC(CC(C5)C3)C4)cc2)cc1. The van der Waals surface area contributed by atoms with Gasteiger partial charge in [-0.25, -0.2) is 0 Å². The minimum absolute atomic E-state index is 0.105. The molecule has 3 amide bonds. The van der Waals surface area contributed by atoms with Crippen LogP contribution in [0.15, 0.2) is 48.5 Å². The lowest BCUT2D eigenvalue weighted by Gasteiger charge is -2.55. The zero-order chi connectivity index (χ0) is 76.8. The first-order chi connectivity index (χ1) is 51.9. The van der Waals surface area contributed by atoms with Crippen LogP contribution >= 0.6 is 0 Å². The molecule has 26 fully saturated rings. The Morgan fingerprint density at radius 2 is 0.602 bits per heavy atom. The molecule has 26 aliphatic rings. The van der Waals surface area contributed by atoms with Gasteiger partial charge in [0.1, 0.15) is 140 Å². The molecule has 28 rings (SSSR count). The fraction of sp³-hybridized carbons (Fsp3) is 0.767. The Morgan fingerprint density at radius 1 is 0.333 bits per heavy atom. The average molecular weight is 1540 g/mol. The number of ether oxygens (including phenoxy) is 12. The standard InChI is InChI=1S/C73H107N3O32/c77-27-40-60-48(76-47(84)10-8-6-4-2-1-3-5-7-9-46(83)74-38-17-13-33(14-18-38)11-12-34-15-19-39(20-16-34)75-72(96)73-24-35-21-36(25-73)23-37(22-35)26-73)49(85)66(97-40)104-61-41(28-78)99-68(56(92)51(61)87)106-63-43(30-80)101-70(58(94)53(63)89)108-65-45(32-82)102-71(59(95)54(65)90)107-64-44(31-81)100-69(57(93)52(64)88)105-62-42(29-79)98-67(103-60)55(91)50(62)86/h11-20,35-37,40-45,48-71,77-82,85-95H,1-10,21-32H2,(H,74,83)(H,75,96)(H,76,84)/b12-11+/t35?,36?,37?,40-,41-,42-,43-,44-,45-,48+,49+,50-,51-,52-,53-,54-,55-,56-,57-,58-,59-,60-,61-,62-,63-,64-,65-,66-,67-,68-,69-,70-,71-,73?/m1/s1. The van der Waals surface area contributed by atoms with Gasteiger partial charge in [-0.3, -0.25) is 14.4 Å². The average Bonchev–Trinajstić information content (AvgIpc) is 0.629. The van der Waals surface area contributed by atoms with Gasteiger partial charge in [0, 0.05) is 24.2 Å². The van der Waals surface area contributed by atoms with Gasteiger partial charge in [0.25, 0.3) is 0 Å². The van der Waals surface area contributed by atoms with Crippen molar-refractivity contribution in [3.05, 3.63) is 59.7 Å². The van der Waals surface area contributed by atoms with E-state index in [-0.39, 0.29) is 23.7 Å². The highest BCUT2D eigenvalue weighted by atomic mass is 16.8. The van der Waals surface area contributed by atoms with Crippen molar-refractivity contribution >= 4 is 41.2 Å². The molecule has 606 valence electrons. The number of anilines is 2. The third-order valence-electron chi connectivity index (χ3n) is 22.9. The maximum Gasteiger partial charge on any atom is 0.230 e. The molecule has 0 radical (unpaired) electrons. The fourth-order valence-corrected chi connectivity index (χ4v) is 17.4. The van der Waals surface area contributed by atoms with Crippen molar-refractivity contribution in [2.24, 2.45) is 23.2 Å². The van der Waals surface area contributed by atoms with Crippen molar-refractivity contribution in [1.29, 1.82) is 0 Å². The van der Waals surface area contributed by atoms with E-state index in [2.05, 4.69) is 16.0 Å². The third kappa shape index (κ3) is 18.6. The number of benzene rings is 2. The second-order valence-corrected chi connectivity index (χ2v) is 30.6. The number of carbonyl (C=O) groups excluding carboxylic acids is 3. The summed E-state index contributed by atoms with van der Waals surface area (Å²) in [5, 5.41) is 200. The first kappa shape index (κ1) is 82.9. The molecule has 0 unspecified atom stereocenters. The van der Waals surface area contributed by atoms with Crippen molar-refractivity contribution < 1.29 is 158 Å². The van der Waals surface area contributed by atoms with Gasteiger partial charge < -0.3 is 160 Å². The van der Waals surface area contributed by atoms with E-state index in [0.717, 1.165) is 68.2 Å². The lowest BCUT2D eigenvalue weighted by Crippen LogP contribution is -2.70. The first-order valence-electron chi connectivity index (χ1n) is 37.7. The molecule has 22 saturated heterocycles. The van der Waals surface area contributed by atoms with E-state index in [0.29, 0.717) is 49.1 Å². The van der Waals surface area contributed by atoms with Gasteiger partial charge in [0.15, 0.2) is 37.7 Å². The van der Waals surface area contributed by atoms with Gasteiger partial charge in [0.05, 0.1) is 51.1 Å². The number of carbonyl (C=O) groups is 3. The van der Waals surface area contributed by atoms with Crippen LogP contribution < -0.4 is 16.0 Å². The number of nitrogens with one attached hydrogen (secondary N) is 3. The van der Waals surface area contributed by atoms with E-state index in [1.165, 1.54) is 19.3 Å². The summed E-state index contributed by atoms with van der Waals surface area (Å²) in [5.41, 5.74) is 3.21. The lowest BCUT2D eigenvalue weighted by molar-refractivity contribution is -0.401. The van der Waals surface area contributed by atoms with Gasteiger partial charge in [0.2, 0.25) is 17.7 Å². The van der Waals surface area contributed by atoms with Crippen molar-refractivity contribution in [3.63, 3.8) is 0 Å². The molecule has 20 N–H and O–H groups in total. The molecule has 35 heteroatoms. The highest BCUT2D eigenvalue weighted by molar-refractivity contribution is 5.96. The summed E-state index contributed by atoms with van der Waals surface area (Å²) in [6, 6.07) is 13.7. The summed E-state index contributed by atoms with van der Waals surface area (Å²) in [4.78, 5) is 40.5. The molecule has 35 nitrogen and oxygen atoms in total. The van der Waals surface area contributed by atoms with Crippen LogP contribution in [0.1, 0.15) is 114 Å². The topological polar surface area (TPSA) is 542 Å². The summed E-state index contributed by atoms with van der Waals surface area (Å²) in [6.07, 6.45) is -40.6. The molecule has 2 aromatic rings. The molecular weight excluding hydrogens is 1430 g/mol. The van der Waals surface area contributed by atoms with Crippen LogP contribution in [0.25, 0.3) is 12.2 Å². The Hall–Kier alpha value is -4.57. The maximum atomic E-state index is 14.0.